The maximum atomic E-state index is 11.7. The highest BCUT2D eigenvalue weighted by Crippen LogP contribution is 2.21. The Morgan fingerprint density at radius 1 is 1.44 bits per heavy atom. The maximum absolute atomic E-state index is 11.7. The van der Waals surface area contributed by atoms with E-state index < -0.39 is 0 Å². The molecule has 0 radical (unpaired) electrons. The molecule has 1 aromatic heterocycles. The Morgan fingerprint density at radius 3 is 2.78 bits per heavy atom. The van der Waals surface area contributed by atoms with Gasteiger partial charge in [-0.1, -0.05) is 6.42 Å². The van der Waals surface area contributed by atoms with Crippen molar-refractivity contribution in [3.63, 3.8) is 0 Å². The third-order valence-electron chi connectivity index (χ3n) is 3.78. The molecule has 18 heavy (non-hydrogen) atoms. The zero-order valence-corrected chi connectivity index (χ0v) is 11.2. The van der Waals surface area contributed by atoms with Crippen LogP contribution in [0.4, 0.5) is 0 Å². The third kappa shape index (κ3) is 3.13. The lowest BCUT2D eigenvalue weighted by atomic mass is 9.98. The Balaban J connectivity index is 1.76. The molecule has 1 N–H and O–H groups in total. The molecule has 0 saturated carbocycles. The van der Waals surface area contributed by atoms with E-state index in [1.165, 1.54) is 25.5 Å². The number of amides is 1. The second-order valence-electron chi connectivity index (χ2n) is 5.10. The Bertz CT molecular complexity index is 365. The average molecular weight is 250 g/mol. The number of hydrogen-bond donors (Lipinski definition) is 1. The number of nitrogens with one attached hydrogen (secondary N) is 1. The minimum atomic E-state index is -0.127. The van der Waals surface area contributed by atoms with E-state index in [1.807, 2.05) is 0 Å². The van der Waals surface area contributed by atoms with Gasteiger partial charge < -0.3 is 9.73 Å². The van der Waals surface area contributed by atoms with Crippen LogP contribution in [0.15, 0.2) is 22.8 Å². The number of likely N-dealkylation sites (tertiary alicyclic amines) is 1. The summed E-state index contributed by atoms with van der Waals surface area (Å²) in [6.07, 6.45) is 5.36. The first-order valence-electron chi connectivity index (χ1n) is 6.76. The summed E-state index contributed by atoms with van der Waals surface area (Å²) < 4.78 is 5.05. The van der Waals surface area contributed by atoms with Gasteiger partial charge in [0.25, 0.3) is 5.91 Å². The number of rotatable bonds is 4. The quantitative estimate of drug-likeness (QED) is 0.891. The summed E-state index contributed by atoms with van der Waals surface area (Å²) in [5, 5.41) is 2.90. The van der Waals surface area contributed by atoms with Gasteiger partial charge in [-0.3, -0.25) is 9.69 Å². The second kappa shape index (κ2) is 6.05. The van der Waals surface area contributed by atoms with Crippen molar-refractivity contribution in [2.24, 2.45) is 0 Å². The fourth-order valence-electron chi connectivity index (χ4n) is 2.71. The van der Waals surface area contributed by atoms with Crippen molar-refractivity contribution in [3.05, 3.63) is 24.2 Å². The normalized spacial score (nSPS) is 25.0. The summed E-state index contributed by atoms with van der Waals surface area (Å²) >= 11 is 0. The molecule has 0 bridgehead atoms. The summed E-state index contributed by atoms with van der Waals surface area (Å²) in [6, 6.07) is 4.65. The van der Waals surface area contributed by atoms with Gasteiger partial charge in [-0.2, -0.15) is 0 Å². The van der Waals surface area contributed by atoms with Crippen molar-refractivity contribution in [1.82, 2.24) is 10.2 Å². The molecule has 0 aromatic carbocycles. The molecule has 1 saturated heterocycles. The first-order valence-corrected chi connectivity index (χ1v) is 6.76. The fraction of sp³-hybridized carbons (Fsp3) is 0.643. The molecule has 0 aliphatic carbocycles. The van der Waals surface area contributed by atoms with Crippen molar-refractivity contribution in [2.45, 2.75) is 45.2 Å². The molecule has 1 aromatic rings. The van der Waals surface area contributed by atoms with E-state index in [0.717, 1.165) is 6.54 Å². The van der Waals surface area contributed by atoms with Gasteiger partial charge in [0.1, 0.15) is 0 Å². The Morgan fingerprint density at radius 2 is 2.17 bits per heavy atom. The SMILES string of the molecule is C[C@@H]1CCC[C@H](C)N1CCNC(=O)c1ccco1. The molecule has 1 aliphatic rings. The van der Waals surface area contributed by atoms with Gasteiger partial charge in [0.2, 0.25) is 0 Å². The van der Waals surface area contributed by atoms with E-state index in [2.05, 4.69) is 24.1 Å². The van der Waals surface area contributed by atoms with E-state index in [1.54, 1.807) is 12.1 Å². The van der Waals surface area contributed by atoms with Crippen LogP contribution in [0.3, 0.4) is 0 Å². The lowest BCUT2D eigenvalue weighted by molar-refractivity contribution is 0.0867. The minimum absolute atomic E-state index is 0.127. The highest BCUT2D eigenvalue weighted by Gasteiger charge is 2.24. The number of carbonyl (C=O) groups excluding carboxylic acids is 1. The molecule has 1 aliphatic heterocycles. The molecular formula is C14H22N2O2. The van der Waals surface area contributed by atoms with Gasteiger partial charge >= 0.3 is 0 Å². The van der Waals surface area contributed by atoms with Crippen molar-refractivity contribution in [2.75, 3.05) is 13.1 Å². The van der Waals surface area contributed by atoms with Gasteiger partial charge in [0, 0.05) is 25.2 Å². The van der Waals surface area contributed by atoms with E-state index >= 15 is 0 Å². The van der Waals surface area contributed by atoms with Gasteiger partial charge in [-0.25, -0.2) is 0 Å². The monoisotopic (exact) mass is 250 g/mol. The zero-order chi connectivity index (χ0) is 13.0. The summed E-state index contributed by atoms with van der Waals surface area (Å²) in [4.78, 5) is 14.2. The van der Waals surface area contributed by atoms with Crippen LogP contribution < -0.4 is 5.32 Å². The molecule has 4 heteroatoms. The second-order valence-corrected chi connectivity index (χ2v) is 5.10. The highest BCUT2D eigenvalue weighted by atomic mass is 16.3. The maximum Gasteiger partial charge on any atom is 0.287 e. The van der Waals surface area contributed by atoms with Gasteiger partial charge in [0.15, 0.2) is 5.76 Å². The molecule has 1 fully saturated rings. The molecule has 2 rings (SSSR count). The van der Waals surface area contributed by atoms with Crippen molar-refractivity contribution >= 4 is 5.91 Å². The van der Waals surface area contributed by atoms with Crippen molar-refractivity contribution < 1.29 is 9.21 Å². The number of piperidine rings is 1. The summed E-state index contributed by atoms with van der Waals surface area (Å²) in [7, 11) is 0. The summed E-state index contributed by atoms with van der Waals surface area (Å²) in [5.74, 6) is 0.257. The predicted octanol–water partition coefficient (Wildman–Crippen LogP) is 2.27. The smallest absolute Gasteiger partial charge is 0.287 e. The minimum Gasteiger partial charge on any atom is -0.459 e. The lowest BCUT2D eigenvalue weighted by Crippen LogP contribution is -2.47. The highest BCUT2D eigenvalue weighted by molar-refractivity contribution is 5.91. The number of hydrogen-bond acceptors (Lipinski definition) is 3. The van der Waals surface area contributed by atoms with Gasteiger partial charge in [0.05, 0.1) is 6.26 Å². The molecule has 0 spiro atoms. The number of furan rings is 1. The first kappa shape index (κ1) is 13.1. The molecule has 2 atom stereocenters. The number of carbonyl (C=O) groups is 1. The molecule has 1 amide bonds. The van der Waals surface area contributed by atoms with E-state index in [-0.39, 0.29) is 5.91 Å². The molecule has 0 unspecified atom stereocenters. The molecular weight excluding hydrogens is 228 g/mol. The van der Waals surface area contributed by atoms with Crippen LogP contribution >= 0.6 is 0 Å². The van der Waals surface area contributed by atoms with E-state index in [4.69, 9.17) is 4.42 Å². The first-order chi connectivity index (χ1) is 8.68. The average Bonchev–Trinajstić information content (AvgIpc) is 2.86. The van der Waals surface area contributed by atoms with Crippen LogP contribution in [0, 0.1) is 0 Å². The van der Waals surface area contributed by atoms with Crippen LogP contribution in [-0.2, 0) is 0 Å². The van der Waals surface area contributed by atoms with E-state index in [0.29, 0.717) is 24.4 Å². The van der Waals surface area contributed by atoms with Crippen LogP contribution in [0.5, 0.6) is 0 Å². The largest absolute Gasteiger partial charge is 0.459 e. The zero-order valence-electron chi connectivity index (χ0n) is 11.2. The molecule has 2 heterocycles. The Hall–Kier alpha value is -1.29. The Labute approximate surface area is 108 Å². The van der Waals surface area contributed by atoms with Crippen LogP contribution in [-0.4, -0.2) is 36.0 Å². The standard InChI is InChI=1S/C14H22N2O2/c1-11-5-3-6-12(2)16(11)9-8-15-14(17)13-7-4-10-18-13/h4,7,10-12H,3,5-6,8-9H2,1-2H3,(H,15,17)/t11-,12+. The predicted molar refractivity (Wildman–Crippen MR) is 70.5 cm³/mol. The third-order valence-corrected chi connectivity index (χ3v) is 3.78. The molecule has 100 valence electrons. The van der Waals surface area contributed by atoms with Gasteiger partial charge in [-0.15, -0.1) is 0 Å². The molecule has 4 nitrogen and oxygen atoms in total. The Kier molecular flexibility index (Phi) is 4.42. The van der Waals surface area contributed by atoms with Gasteiger partial charge in [-0.05, 0) is 38.8 Å². The summed E-state index contributed by atoms with van der Waals surface area (Å²) in [5.41, 5.74) is 0. The van der Waals surface area contributed by atoms with Crippen LogP contribution in [0.1, 0.15) is 43.7 Å². The van der Waals surface area contributed by atoms with Crippen LogP contribution in [0.25, 0.3) is 0 Å². The van der Waals surface area contributed by atoms with Crippen LogP contribution in [0.2, 0.25) is 0 Å². The van der Waals surface area contributed by atoms with E-state index in [9.17, 15) is 4.79 Å². The summed E-state index contributed by atoms with van der Waals surface area (Å²) in [6.45, 7) is 6.12. The lowest BCUT2D eigenvalue weighted by Gasteiger charge is -2.38. The fourth-order valence-corrected chi connectivity index (χ4v) is 2.71. The van der Waals surface area contributed by atoms with Crippen molar-refractivity contribution in [1.29, 1.82) is 0 Å². The van der Waals surface area contributed by atoms with Crippen molar-refractivity contribution in [3.8, 4) is 0 Å². The topological polar surface area (TPSA) is 45.5 Å². The number of nitrogens with zero attached hydrogens (tertiary/aromatic N) is 1.